The van der Waals surface area contributed by atoms with Crippen molar-refractivity contribution in [3.63, 3.8) is 0 Å². The van der Waals surface area contributed by atoms with Crippen molar-refractivity contribution >= 4 is 23.5 Å². The third kappa shape index (κ3) is 6.69. The van der Waals surface area contributed by atoms with Gasteiger partial charge in [-0.3, -0.25) is 0 Å². The maximum atomic E-state index is 11.2. The van der Waals surface area contributed by atoms with Gasteiger partial charge in [0.15, 0.2) is 0 Å². The second kappa shape index (κ2) is 8.91. The number of rotatable bonds is 6. The van der Waals surface area contributed by atoms with Gasteiger partial charge in [0, 0.05) is 19.1 Å². The van der Waals surface area contributed by atoms with Gasteiger partial charge in [-0.1, -0.05) is 45.9 Å². The smallest absolute Gasteiger partial charge is 0.404 e. The molecule has 0 bridgehead atoms. The van der Waals surface area contributed by atoms with E-state index in [9.17, 15) is 4.79 Å². The van der Waals surface area contributed by atoms with Gasteiger partial charge in [-0.2, -0.15) is 0 Å². The number of nitrogens with one attached hydrogen (secondary N) is 1. The van der Waals surface area contributed by atoms with E-state index in [1.54, 1.807) is 0 Å². The molecule has 27 heavy (non-hydrogen) atoms. The predicted octanol–water partition coefficient (Wildman–Crippen LogP) is 4.91. The van der Waals surface area contributed by atoms with Crippen molar-refractivity contribution in [2.45, 2.75) is 59.4 Å². The fourth-order valence-electron chi connectivity index (χ4n) is 4.65. The van der Waals surface area contributed by atoms with Crippen LogP contribution in [0.3, 0.4) is 0 Å². The van der Waals surface area contributed by atoms with E-state index in [1.165, 1.54) is 0 Å². The van der Waals surface area contributed by atoms with E-state index in [4.69, 9.17) is 22.1 Å². The molecule has 1 aromatic carbocycles. The van der Waals surface area contributed by atoms with Gasteiger partial charge in [0.25, 0.3) is 5.17 Å². The summed E-state index contributed by atoms with van der Waals surface area (Å²) in [7, 11) is 0. The number of hydrogen-bond donors (Lipinski definition) is 2. The Bertz CT molecular complexity index is 650. The molecule has 2 atom stereocenters. The molecule has 1 fully saturated rings. The van der Waals surface area contributed by atoms with Gasteiger partial charge in [0.2, 0.25) is 0 Å². The lowest BCUT2D eigenvalue weighted by atomic mass is 9.62. The number of para-hydroxylation sites is 1. The summed E-state index contributed by atoms with van der Waals surface area (Å²) < 4.78 is 5.91. The first kappa shape index (κ1) is 21.5. The Kier molecular flexibility index (Phi) is 7.09. The van der Waals surface area contributed by atoms with Crippen molar-refractivity contribution in [2.75, 3.05) is 13.1 Å². The monoisotopic (exact) mass is 392 g/mol. The quantitative estimate of drug-likeness (QED) is 0.673. The fraction of sp³-hybridized carbons (Fsp3) is 0.619. The maximum Gasteiger partial charge on any atom is 0.404 e. The topological polar surface area (TPSA) is 61.8 Å². The molecule has 1 aliphatic rings. The van der Waals surface area contributed by atoms with Crippen LogP contribution in [0.25, 0.3) is 0 Å². The Hall–Kier alpha value is -1.82. The molecule has 2 rings (SSSR count). The molecule has 0 saturated heterocycles. The summed E-state index contributed by atoms with van der Waals surface area (Å²) in [6.07, 6.45) is 2.69. The summed E-state index contributed by atoms with van der Waals surface area (Å²) in [6.45, 7) is 10.4. The zero-order chi connectivity index (χ0) is 20.1. The normalized spacial score (nSPS) is 24.1. The Labute approximate surface area is 168 Å². The lowest BCUT2D eigenvalue weighted by Crippen LogP contribution is -2.51. The largest absolute Gasteiger partial charge is 0.465 e. The van der Waals surface area contributed by atoms with Crippen LogP contribution in [-0.2, 0) is 0 Å². The van der Waals surface area contributed by atoms with Crippen LogP contribution in [0.1, 0.15) is 53.4 Å². The summed E-state index contributed by atoms with van der Waals surface area (Å²) in [5.74, 6) is 0.739. The molecule has 0 spiro atoms. The first-order valence-corrected chi connectivity index (χ1v) is 10.0. The number of ether oxygens (including phenoxy) is 1. The highest BCUT2D eigenvalue weighted by Crippen LogP contribution is 2.46. The lowest BCUT2D eigenvalue weighted by molar-refractivity contribution is 0.0508. The lowest BCUT2D eigenvalue weighted by Gasteiger charge is -2.48. The molecule has 0 aromatic heterocycles. The van der Waals surface area contributed by atoms with E-state index >= 15 is 0 Å². The van der Waals surface area contributed by atoms with Gasteiger partial charge in [-0.25, -0.2) is 4.79 Å². The first-order valence-electron chi connectivity index (χ1n) is 9.64. The van der Waals surface area contributed by atoms with E-state index in [1.807, 2.05) is 30.3 Å². The molecule has 0 aliphatic heterocycles. The highest BCUT2D eigenvalue weighted by atomic mass is 32.1. The Morgan fingerprint density at radius 1 is 1.30 bits per heavy atom. The van der Waals surface area contributed by atoms with Gasteiger partial charge in [-0.05, 0) is 60.9 Å². The van der Waals surface area contributed by atoms with Gasteiger partial charge >= 0.3 is 6.09 Å². The molecule has 2 N–H and O–H groups in total. The first-order chi connectivity index (χ1) is 12.6. The molecular weight excluding hydrogens is 360 g/mol. The summed E-state index contributed by atoms with van der Waals surface area (Å²) >= 11 is 5.59. The van der Waals surface area contributed by atoms with Crippen molar-refractivity contribution in [3.8, 4) is 5.75 Å². The average Bonchev–Trinajstić information content (AvgIpc) is 2.52. The standard InChI is InChI=1S/C21H32N2O3S/c1-5-11-23(19(27)26-17-9-7-6-8-10-17)15-21(4)13-16(22-18(24)25)12-20(2,3)14-21/h6-10,16,22H,5,11-15H2,1-4H3,(H,24,25). The molecule has 5 nitrogen and oxygen atoms in total. The van der Waals surface area contributed by atoms with Crippen LogP contribution in [0.4, 0.5) is 4.79 Å². The second-order valence-electron chi connectivity index (χ2n) is 8.81. The number of thiocarbonyl (C=S) groups is 1. The van der Waals surface area contributed by atoms with E-state index in [2.05, 4.69) is 37.9 Å². The molecule has 1 aliphatic carbocycles. The molecule has 6 heteroatoms. The highest BCUT2D eigenvalue weighted by molar-refractivity contribution is 7.80. The van der Waals surface area contributed by atoms with Crippen LogP contribution in [-0.4, -0.2) is 40.4 Å². The zero-order valence-corrected chi connectivity index (χ0v) is 17.6. The van der Waals surface area contributed by atoms with E-state index in [-0.39, 0.29) is 16.9 Å². The Morgan fingerprint density at radius 3 is 2.56 bits per heavy atom. The molecular formula is C21H32N2O3S. The van der Waals surface area contributed by atoms with Gasteiger partial charge < -0.3 is 20.1 Å². The van der Waals surface area contributed by atoms with Crippen molar-refractivity contribution in [1.29, 1.82) is 0 Å². The third-order valence-corrected chi connectivity index (χ3v) is 5.39. The maximum absolute atomic E-state index is 11.2. The van der Waals surface area contributed by atoms with Crippen molar-refractivity contribution in [1.82, 2.24) is 10.2 Å². The Morgan fingerprint density at radius 2 is 1.96 bits per heavy atom. The van der Waals surface area contributed by atoms with Crippen LogP contribution in [0.5, 0.6) is 5.75 Å². The van der Waals surface area contributed by atoms with Crippen molar-refractivity contribution < 1.29 is 14.6 Å². The van der Waals surface area contributed by atoms with Gasteiger partial charge in [0.1, 0.15) is 5.75 Å². The number of hydrogen-bond acceptors (Lipinski definition) is 3. The zero-order valence-electron chi connectivity index (χ0n) is 16.8. The minimum Gasteiger partial charge on any atom is -0.465 e. The van der Waals surface area contributed by atoms with Gasteiger partial charge in [-0.15, -0.1) is 0 Å². The molecule has 0 radical (unpaired) electrons. The summed E-state index contributed by atoms with van der Waals surface area (Å²) in [4.78, 5) is 13.3. The van der Waals surface area contributed by atoms with Crippen molar-refractivity contribution in [3.05, 3.63) is 30.3 Å². The van der Waals surface area contributed by atoms with Gasteiger partial charge in [0.05, 0.1) is 0 Å². The third-order valence-electron chi connectivity index (χ3n) is 5.04. The molecule has 2 unspecified atom stereocenters. The number of nitrogens with zero attached hydrogens (tertiary/aromatic N) is 1. The Balaban J connectivity index is 2.12. The summed E-state index contributed by atoms with van der Waals surface area (Å²) in [5.41, 5.74) is 0.0219. The average molecular weight is 393 g/mol. The second-order valence-corrected chi connectivity index (χ2v) is 9.16. The highest BCUT2D eigenvalue weighted by Gasteiger charge is 2.43. The molecule has 1 aromatic rings. The number of benzene rings is 1. The van der Waals surface area contributed by atoms with E-state index in [0.717, 1.165) is 44.5 Å². The number of carboxylic acid groups (broad SMARTS) is 1. The minimum atomic E-state index is -0.951. The molecule has 150 valence electrons. The van der Waals surface area contributed by atoms with E-state index in [0.29, 0.717) is 5.17 Å². The minimum absolute atomic E-state index is 0.0386. The number of carbonyl (C=O) groups is 1. The molecule has 0 heterocycles. The predicted molar refractivity (Wildman–Crippen MR) is 112 cm³/mol. The molecule has 1 amide bonds. The SMILES string of the molecule is CCCN(CC1(C)CC(NC(=O)O)CC(C)(C)C1)C(=S)Oc1ccccc1. The fourth-order valence-corrected chi connectivity index (χ4v) is 4.90. The number of amides is 1. The van der Waals surface area contributed by atoms with Crippen LogP contribution in [0.15, 0.2) is 30.3 Å². The van der Waals surface area contributed by atoms with Crippen LogP contribution in [0, 0.1) is 10.8 Å². The van der Waals surface area contributed by atoms with Crippen LogP contribution < -0.4 is 10.1 Å². The van der Waals surface area contributed by atoms with Crippen molar-refractivity contribution in [2.24, 2.45) is 10.8 Å². The summed E-state index contributed by atoms with van der Waals surface area (Å²) in [6, 6.07) is 9.55. The van der Waals surface area contributed by atoms with E-state index < -0.39 is 6.09 Å². The van der Waals surface area contributed by atoms with Crippen LogP contribution >= 0.6 is 12.2 Å². The molecule has 1 saturated carbocycles. The van der Waals surface area contributed by atoms with Crippen LogP contribution in [0.2, 0.25) is 0 Å². The summed E-state index contributed by atoms with van der Waals surface area (Å²) in [5, 5.41) is 12.3.